The highest BCUT2D eigenvalue weighted by Crippen LogP contribution is 2.31. The van der Waals surface area contributed by atoms with Crippen LogP contribution in [0, 0.1) is 6.92 Å². The minimum atomic E-state index is -0.607. The van der Waals surface area contributed by atoms with Crippen LogP contribution in [0.1, 0.15) is 51.3 Å². The molecule has 0 bridgehead atoms. The second-order valence-electron chi connectivity index (χ2n) is 8.76. The van der Waals surface area contributed by atoms with Gasteiger partial charge in [-0.1, -0.05) is 56.7 Å². The highest BCUT2D eigenvalue weighted by atomic mass is 79.9. The van der Waals surface area contributed by atoms with E-state index in [9.17, 15) is 9.59 Å². The van der Waals surface area contributed by atoms with Gasteiger partial charge in [0.1, 0.15) is 11.8 Å². The Morgan fingerprint density at radius 3 is 2.32 bits per heavy atom. The topological polar surface area (TPSA) is 58.6 Å². The molecular weight excluding hydrogens is 456 g/mol. The Morgan fingerprint density at radius 2 is 1.77 bits per heavy atom. The molecule has 1 atom stereocenters. The van der Waals surface area contributed by atoms with Crippen molar-refractivity contribution in [2.75, 3.05) is 13.2 Å². The van der Waals surface area contributed by atoms with E-state index in [-0.39, 0.29) is 23.8 Å². The van der Waals surface area contributed by atoms with E-state index in [0.717, 1.165) is 15.6 Å². The van der Waals surface area contributed by atoms with Gasteiger partial charge in [0.2, 0.25) is 5.91 Å². The van der Waals surface area contributed by atoms with Crippen LogP contribution < -0.4 is 10.1 Å². The molecule has 0 saturated carbocycles. The molecule has 0 spiro atoms. The summed E-state index contributed by atoms with van der Waals surface area (Å²) < 4.78 is 6.62. The van der Waals surface area contributed by atoms with Crippen molar-refractivity contribution in [1.29, 1.82) is 0 Å². The molecule has 0 aliphatic heterocycles. The van der Waals surface area contributed by atoms with Gasteiger partial charge in [0.15, 0.2) is 6.61 Å². The summed E-state index contributed by atoms with van der Waals surface area (Å²) in [5.74, 6) is 0.173. The van der Waals surface area contributed by atoms with Crippen LogP contribution in [0.4, 0.5) is 0 Å². The van der Waals surface area contributed by atoms with Gasteiger partial charge >= 0.3 is 0 Å². The lowest BCUT2D eigenvalue weighted by atomic mass is 9.87. The second kappa shape index (κ2) is 10.8. The number of halogens is 1. The van der Waals surface area contributed by atoms with E-state index in [2.05, 4.69) is 42.0 Å². The standard InChI is InChI=1S/C25H33BrN2O3/c1-7-27-24(30)18(3)28(15-19-10-8-17(2)9-11-19)23(29)16-31-22-13-12-20(14-21(22)26)25(4,5)6/h8-14,18H,7,15-16H2,1-6H3,(H,27,30)/t18-/m0/s1. The highest BCUT2D eigenvalue weighted by Gasteiger charge is 2.26. The summed E-state index contributed by atoms with van der Waals surface area (Å²) in [5, 5.41) is 2.80. The zero-order chi connectivity index (χ0) is 23.2. The van der Waals surface area contributed by atoms with Gasteiger partial charge in [-0.25, -0.2) is 0 Å². The molecule has 0 fully saturated rings. The monoisotopic (exact) mass is 488 g/mol. The Bertz CT molecular complexity index is 904. The number of nitrogens with zero attached hydrogens (tertiary/aromatic N) is 1. The maximum atomic E-state index is 13.1. The Balaban J connectivity index is 2.16. The average Bonchev–Trinajstić information content (AvgIpc) is 2.71. The molecule has 168 valence electrons. The van der Waals surface area contributed by atoms with Gasteiger partial charge in [0, 0.05) is 13.1 Å². The molecule has 2 rings (SSSR count). The Morgan fingerprint density at radius 1 is 1.13 bits per heavy atom. The number of carbonyl (C=O) groups excluding carboxylic acids is 2. The number of hydrogen-bond donors (Lipinski definition) is 1. The van der Waals surface area contributed by atoms with Crippen molar-refractivity contribution in [2.24, 2.45) is 0 Å². The maximum absolute atomic E-state index is 13.1. The molecule has 2 aromatic carbocycles. The first-order valence-corrected chi connectivity index (χ1v) is 11.4. The lowest BCUT2D eigenvalue weighted by Gasteiger charge is -2.29. The van der Waals surface area contributed by atoms with Crippen LogP contribution in [0.3, 0.4) is 0 Å². The van der Waals surface area contributed by atoms with E-state index in [1.165, 1.54) is 5.56 Å². The molecule has 2 amide bonds. The fraction of sp³-hybridized carbons (Fsp3) is 0.440. The van der Waals surface area contributed by atoms with E-state index < -0.39 is 6.04 Å². The SMILES string of the molecule is CCNC(=O)[C@H](C)N(Cc1ccc(C)cc1)C(=O)COc1ccc(C(C)(C)C)cc1Br. The van der Waals surface area contributed by atoms with Crippen LogP contribution in [-0.2, 0) is 21.5 Å². The molecule has 6 heteroatoms. The van der Waals surface area contributed by atoms with Crippen molar-refractivity contribution >= 4 is 27.7 Å². The third-order valence-corrected chi connectivity index (χ3v) is 5.76. The molecule has 0 aliphatic rings. The van der Waals surface area contributed by atoms with E-state index in [1.54, 1.807) is 11.8 Å². The normalized spacial score (nSPS) is 12.2. The predicted molar refractivity (Wildman–Crippen MR) is 128 cm³/mol. The Kier molecular flexibility index (Phi) is 8.69. The number of hydrogen-bond acceptors (Lipinski definition) is 3. The minimum Gasteiger partial charge on any atom is -0.483 e. The van der Waals surface area contributed by atoms with Crippen molar-refractivity contribution in [3.8, 4) is 5.75 Å². The summed E-state index contributed by atoms with van der Waals surface area (Å²) in [4.78, 5) is 27.1. The van der Waals surface area contributed by atoms with Crippen LogP contribution in [0.25, 0.3) is 0 Å². The number of benzene rings is 2. The van der Waals surface area contributed by atoms with Crippen molar-refractivity contribution in [3.63, 3.8) is 0 Å². The fourth-order valence-electron chi connectivity index (χ4n) is 3.10. The first-order valence-electron chi connectivity index (χ1n) is 10.6. The van der Waals surface area contributed by atoms with Crippen LogP contribution in [-0.4, -0.2) is 35.9 Å². The van der Waals surface area contributed by atoms with Crippen LogP contribution in [0.5, 0.6) is 5.75 Å². The number of ether oxygens (including phenoxy) is 1. The van der Waals surface area contributed by atoms with E-state index in [1.807, 2.05) is 56.3 Å². The van der Waals surface area contributed by atoms with E-state index in [4.69, 9.17) is 4.74 Å². The average molecular weight is 489 g/mol. The lowest BCUT2D eigenvalue weighted by Crippen LogP contribution is -2.49. The molecule has 0 unspecified atom stereocenters. The largest absolute Gasteiger partial charge is 0.483 e. The second-order valence-corrected chi connectivity index (χ2v) is 9.62. The first-order chi connectivity index (χ1) is 14.5. The molecule has 0 radical (unpaired) electrons. The van der Waals surface area contributed by atoms with E-state index >= 15 is 0 Å². The smallest absolute Gasteiger partial charge is 0.261 e. The Hall–Kier alpha value is -2.34. The van der Waals surface area contributed by atoms with Crippen molar-refractivity contribution in [1.82, 2.24) is 10.2 Å². The van der Waals surface area contributed by atoms with Gasteiger partial charge in [-0.3, -0.25) is 9.59 Å². The molecule has 0 heterocycles. The summed E-state index contributed by atoms with van der Waals surface area (Å²) in [6.45, 7) is 12.7. The molecule has 31 heavy (non-hydrogen) atoms. The van der Waals surface area contributed by atoms with Crippen LogP contribution >= 0.6 is 15.9 Å². The quantitative estimate of drug-likeness (QED) is 0.569. The summed E-state index contributed by atoms with van der Waals surface area (Å²) in [6, 6.07) is 13.2. The summed E-state index contributed by atoms with van der Waals surface area (Å²) in [5.41, 5.74) is 3.30. The van der Waals surface area contributed by atoms with Gasteiger partial charge in [-0.15, -0.1) is 0 Å². The fourth-order valence-corrected chi connectivity index (χ4v) is 3.59. The summed E-state index contributed by atoms with van der Waals surface area (Å²) in [7, 11) is 0. The summed E-state index contributed by atoms with van der Waals surface area (Å²) in [6.07, 6.45) is 0. The van der Waals surface area contributed by atoms with Crippen LogP contribution in [0.2, 0.25) is 0 Å². The van der Waals surface area contributed by atoms with Crippen molar-refractivity contribution in [2.45, 2.75) is 59.5 Å². The number of aryl methyl sites for hydroxylation is 1. The third kappa shape index (κ3) is 7.10. The third-order valence-electron chi connectivity index (χ3n) is 5.14. The number of nitrogens with one attached hydrogen (secondary N) is 1. The van der Waals surface area contributed by atoms with Gasteiger partial charge in [-0.2, -0.15) is 0 Å². The van der Waals surface area contributed by atoms with Crippen molar-refractivity contribution < 1.29 is 14.3 Å². The minimum absolute atomic E-state index is 0.0176. The Labute approximate surface area is 194 Å². The lowest BCUT2D eigenvalue weighted by molar-refractivity contribution is -0.142. The molecule has 1 N–H and O–H groups in total. The van der Waals surface area contributed by atoms with Crippen molar-refractivity contribution in [3.05, 3.63) is 63.6 Å². The zero-order valence-corrected chi connectivity index (χ0v) is 20.9. The van der Waals surface area contributed by atoms with Gasteiger partial charge in [-0.05, 0) is 65.4 Å². The highest BCUT2D eigenvalue weighted by molar-refractivity contribution is 9.10. The maximum Gasteiger partial charge on any atom is 0.261 e. The predicted octanol–water partition coefficient (Wildman–Crippen LogP) is 4.99. The zero-order valence-electron chi connectivity index (χ0n) is 19.3. The van der Waals surface area contributed by atoms with E-state index in [0.29, 0.717) is 18.8 Å². The van der Waals surface area contributed by atoms with Gasteiger partial charge in [0.25, 0.3) is 5.91 Å². The molecule has 2 aromatic rings. The number of carbonyl (C=O) groups is 2. The van der Waals surface area contributed by atoms with Gasteiger partial charge < -0.3 is 15.0 Å². The molecule has 0 aliphatic carbocycles. The van der Waals surface area contributed by atoms with Gasteiger partial charge in [0.05, 0.1) is 4.47 Å². The first kappa shape index (κ1) is 24.9. The van der Waals surface area contributed by atoms with Crippen LogP contribution in [0.15, 0.2) is 46.9 Å². The number of amides is 2. The number of likely N-dealkylation sites (N-methyl/N-ethyl adjacent to an activating group) is 1. The molecule has 0 saturated heterocycles. The molecule has 5 nitrogen and oxygen atoms in total. The molecular formula is C25H33BrN2O3. The molecule has 0 aromatic heterocycles. The summed E-state index contributed by atoms with van der Waals surface area (Å²) >= 11 is 3.55. The number of rotatable bonds is 8.